The molecule has 736 valence electrons. The summed E-state index contributed by atoms with van der Waals surface area (Å²) < 4.78 is 102. The first-order valence-electron chi connectivity index (χ1n) is 47.3. The van der Waals surface area contributed by atoms with Crippen molar-refractivity contribution in [2.45, 2.75) is 203 Å². The molecule has 0 radical (unpaired) electrons. The van der Waals surface area contributed by atoms with Crippen molar-refractivity contribution in [3.05, 3.63) is 269 Å². The van der Waals surface area contributed by atoms with Crippen molar-refractivity contribution < 1.29 is 95.3 Å². The molecule has 14 aliphatic rings. The van der Waals surface area contributed by atoms with Gasteiger partial charge in [0.25, 0.3) is 0 Å². The number of aryl methyl sites for hydroxylation is 2. The monoisotopic (exact) mass is 1950 g/mol. The van der Waals surface area contributed by atoms with Crippen LogP contribution < -0.4 is 72.2 Å². The number of nitriles is 2. The lowest BCUT2D eigenvalue weighted by atomic mass is 9.71. The molecule has 141 heavy (non-hydrogen) atoms. The number of likely N-dealkylation sites (N-methyl/N-ethyl adjacent to an activating group) is 2. The number of piperazine rings is 2. The molecule has 0 amide bonds. The quantitative estimate of drug-likeness (QED) is 0.0433. The van der Waals surface area contributed by atoms with E-state index < -0.39 is 81.5 Å². The number of carbonyl (C=O) groups excluding carboxylic acids is 3. The highest BCUT2D eigenvalue weighted by molar-refractivity contribution is 7.99. The minimum absolute atomic E-state index is 0. The number of hydrogen-bond donors (Lipinski definition) is 3. The predicted molar refractivity (Wildman–Crippen MR) is 532 cm³/mol. The van der Waals surface area contributed by atoms with Crippen molar-refractivity contribution >= 4 is 41.6 Å². The van der Waals surface area contributed by atoms with Crippen LogP contribution in [0.25, 0.3) is 0 Å². The molecule has 2 unspecified atom stereocenters. The van der Waals surface area contributed by atoms with Gasteiger partial charge in [0.15, 0.2) is 80.1 Å². The second-order valence-corrected chi connectivity index (χ2v) is 40.9. The van der Waals surface area contributed by atoms with E-state index in [1.165, 1.54) is 14.2 Å². The molecule has 10 aromatic carbocycles. The Morgan fingerprint density at radius 1 is 0.475 bits per heavy atom. The van der Waals surface area contributed by atoms with Gasteiger partial charge in [0.1, 0.15) is 68.8 Å². The highest BCUT2D eigenvalue weighted by Crippen LogP contribution is 2.69. The number of esters is 2. The Morgan fingerprint density at radius 3 is 1.24 bits per heavy atom. The highest BCUT2D eigenvalue weighted by atomic mass is 32.2. The molecule has 3 N–H and O–H groups in total. The van der Waals surface area contributed by atoms with Crippen LogP contribution in [0, 0.1) is 50.4 Å². The first kappa shape index (κ1) is 97.1. The average Bonchev–Trinajstić information content (AvgIpc) is 1.58. The largest absolute Gasteiger partial charge is 0.514 e. The van der Waals surface area contributed by atoms with Gasteiger partial charge >= 0.3 is 18.1 Å². The molecule has 2 spiro atoms. The Bertz CT molecular complexity index is 6600. The molecule has 0 aliphatic carbocycles. The molecule has 8 bridgehead atoms. The van der Waals surface area contributed by atoms with E-state index in [1.807, 2.05) is 137 Å². The maximum absolute atomic E-state index is 15.4. The van der Waals surface area contributed by atoms with Crippen LogP contribution in [0.1, 0.15) is 182 Å². The summed E-state index contributed by atoms with van der Waals surface area (Å²) in [6, 6.07) is 52.7. The molecule has 30 heteroatoms. The number of phenols is 1. The molecule has 14 aliphatic heterocycles. The summed E-state index contributed by atoms with van der Waals surface area (Å²) in [5.41, 5.74) is 14.6. The standard InChI is InChI=1S/C57H60N4O11S.C52H52N4O9S.2CH4/c1-31-21-36-22-38-39(25-58)61-40-28-68-54(62)57(37-24-41(64-7)42(23-35(37)19-20-59-57)71-55(63)72-56(3,4)5)29-73-53(45-44(40)52-50(69-30-70-52)32(2)49(45)66-26-33-15-11-9-12-16-33)47(61)46(60(38)6)43(36)51(48(31)65-8)67-27-34-17-13-10-14-18-34;1-28-18-33-19-35-36(22-53)56-37-25-63-51(58)52(34-21-39(59-4)38(57)20-32(34)16-17-54-52)26-66-50(42-41(37)49-47(64-27-65-49)29(2)46(42)61-23-30-12-8-6-9-13-30)44(56)43(55(35)3)40(33)48(45(28)60-5)62-24-31-14-10-7-11-15-31;;/h9-18,21,23-24,38-40,46-47,53,59H,19-20,22,26-30H2,1-8H3;6-15,18,20-21,35-37,43-44,50,54,57H,16-17,19,23-27H2,1-5H3;2*1H4/t38-,39-,40-,46+,47?,53+,57+;35-,36-,37-,43+,44?,50+,52+;;/m00../s1. The zero-order valence-electron chi connectivity index (χ0n) is 80.0. The van der Waals surface area contributed by atoms with Crippen LogP contribution in [-0.2, 0) is 87.0 Å². The third kappa shape index (κ3) is 16.5. The van der Waals surface area contributed by atoms with E-state index in [0.717, 1.165) is 100 Å². The van der Waals surface area contributed by atoms with Gasteiger partial charge in [-0.05, 0) is 179 Å². The summed E-state index contributed by atoms with van der Waals surface area (Å²) in [5.74, 6) is 6.50. The summed E-state index contributed by atoms with van der Waals surface area (Å²) in [5, 5.41) is 40.4. The molecule has 0 aromatic heterocycles. The van der Waals surface area contributed by atoms with Crippen molar-refractivity contribution in [1.29, 1.82) is 10.5 Å². The maximum Gasteiger partial charge on any atom is 0.514 e. The molecule has 4 fully saturated rings. The lowest BCUT2D eigenvalue weighted by Gasteiger charge is -2.62. The van der Waals surface area contributed by atoms with Crippen molar-refractivity contribution in [3.63, 3.8) is 0 Å². The normalized spacial score (nSPS) is 25.0. The molecular weight excluding hydrogens is 1830 g/mol. The van der Waals surface area contributed by atoms with Crippen LogP contribution in [-0.4, -0.2) is 179 Å². The number of nitrogens with one attached hydrogen (secondary N) is 2. The van der Waals surface area contributed by atoms with Crippen molar-refractivity contribution in [2.24, 2.45) is 0 Å². The number of carbonyl (C=O) groups is 3. The SMILES string of the molecule is C.C.COc1cc2c(cc1O)CCN[C@]21CS[C@@H]2c3c(OCc4ccccc4)c(C)c4c(c3[C@H](COC1=O)N1C2[C@H]2c3c(cc(C)c(OC)c3OCc3ccccc3)C[C@@H]([C@@H]1C#N)N2C)OCO4.COc1cc2c(cc1OC(=O)OC(C)(C)C)CCN[C@]21CS[C@@H]2c3c(OCc4ccccc4)c(C)c4c(c3[C@H](COC1=O)N1C2[C@H]2c3c(cc(C)c(OC)c3OCc3ccccc3)C[C@@H]([C@@H]1C#N)N2C)OCO4. The minimum Gasteiger partial charge on any atom is -0.504 e. The highest BCUT2D eigenvalue weighted by Gasteiger charge is 2.65. The van der Waals surface area contributed by atoms with Gasteiger partial charge in [-0.2, -0.15) is 10.5 Å². The first-order chi connectivity index (χ1) is 67.4. The number of aromatic hydroxyl groups is 1. The van der Waals surface area contributed by atoms with E-state index >= 15 is 9.59 Å². The van der Waals surface area contributed by atoms with Gasteiger partial charge in [0.05, 0.1) is 75.2 Å². The van der Waals surface area contributed by atoms with Gasteiger partial charge in [0.2, 0.25) is 13.6 Å². The number of hydrogen-bond acceptors (Lipinski definition) is 30. The van der Waals surface area contributed by atoms with Gasteiger partial charge in [-0.3, -0.25) is 30.2 Å². The van der Waals surface area contributed by atoms with E-state index in [-0.39, 0.29) is 107 Å². The number of methoxy groups -OCH3 is 4. The number of phenolic OH excluding ortho intramolecular Hbond substituents is 1. The Balaban J connectivity index is 0.000000178. The number of nitrogens with zero attached hydrogens (tertiary/aromatic N) is 6. The van der Waals surface area contributed by atoms with Gasteiger partial charge in [-0.25, -0.2) is 14.4 Å². The molecule has 24 rings (SSSR count). The van der Waals surface area contributed by atoms with Crippen LogP contribution in [0.4, 0.5) is 4.79 Å². The Kier molecular flexibility index (Phi) is 26.8. The van der Waals surface area contributed by atoms with Crippen LogP contribution in [0.3, 0.4) is 0 Å². The summed E-state index contributed by atoms with van der Waals surface area (Å²) in [6.07, 6.45) is 1.40. The third-order valence-electron chi connectivity index (χ3n) is 29.8. The van der Waals surface area contributed by atoms with E-state index in [2.05, 4.69) is 80.7 Å². The van der Waals surface area contributed by atoms with E-state index in [9.17, 15) is 20.4 Å². The molecule has 28 nitrogen and oxygen atoms in total. The number of fused-ring (bicyclic) bond motifs is 18. The van der Waals surface area contributed by atoms with E-state index in [4.69, 9.17) is 75.8 Å². The van der Waals surface area contributed by atoms with Crippen LogP contribution in [0.2, 0.25) is 0 Å². The summed E-state index contributed by atoms with van der Waals surface area (Å²) in [7, 11) is 10.6. The van der Waals surface area contributed by atoms with E-state index in [1.54, 1.807) is 82.8 Å². The second-order valence-electron chi connectivity index (χ2n) is 38.6. The topological polar surface area (TPSA) is 304 Å². The zero-order valence-corrected chi connectivity index (χ0v) is 81.6. The number of thioether (sulfide) groups is 2. The fraction of sp³-hybridized carbons (Fsp3) is 0.414. The fourth-order valence-electron chi connectivity index (χ4n) is 23.8. The Labute approximate surface area is 831 Å². The lowest BCUT2D eigenvalue weighted by Crippen LogP contribution is -2.69. The van der Waals surface area contributed by atoms with Gasteiger partial charge in [-0.15, -0.1) is 23.5 Å². The molecule has 10 aromatic rings. The Hall–Kier alpha value is -12.8. The van der Waals surface area contributed by atoms with Crippen LogP contribution in [0.15, 0.2) is 158 Å². The van der Waals surface area contributed by atoms with Crippen molar-refractivity contribution in [1.82, 2.24) is 30.2 Å². The lowest BCUT2D eigenvalue weighted by molar-refractivity contribution is -0.158. The van der Waals surface area contributed by atoms with Gasteiger partial charge in [0, 0.05) is 93.3 Å². The fourth-order valence-corrected chi connectivity index (χ4v) is 27.2. The molecule has 14 atom stereocenters. The summed E-state index contributed by atoms with van der Waals surface area (Å²) >= 11 is 3.25. The molecule has 14 heterocycles. The van der Waals surface area contributed by atoms with E-state index in [0.29, 0.717) is 127 Å². The molecule has 4 saturated heterocycles. The smallest absolute Gasteiger partial charge is 0.504 e. The van der Waals surface area contributed by atoms with Crippen molar-refractivity contribution in [2.75, 3.05) is 93.9 Å². The third-order valence-corrected chi connectivity index (χ3v) is 32.8. The molecular formula is C111H120N8O20S2. The Morgan fingerprint density at radius 2 is 0.858 bits per heavy atom. The average molecular weight is 1950 g/mol. The van der Waals surface area contributed by atoms with Crippen molar-refractivity contribution in [3.8, 4) is 92.6 Å². The minimum atomic E-state index is -1.40. The maximum atomic E-state index is 15.4. The summed E-state index contributed by atoms with van der Waals surface area (Å²) in [6.45, 7) is 15.3. The number of rotatable bonds is 17. The van der Waals surface area contributed by atoms with Crippen LogP contribution >= 0.6 is 23.5 Å². The predicted octanol–water partition coefficient (Wildman–Crippen LogP) is 17.9. The number of benzene rings is 10. The first-order valence-corrected chi connectivity index (χ1v) is 49.4. The van der Waals surface area contributed by atoms with Gasteiger partial charge < -0.3 is 80.9 Å². The van der Waals surface area contributed by atoms with Gasteiger partial charge in [-0.1, -0.05) is 148 Å². The second kappa shape index (κ2) is 38.9. The molecule has 0 saturated carbocycles. The van der Waals surface area contributed by atoms with Crippen LogP contribution in [0.5, 0.6) is 80.5 Å². The zero-order chi connectivity index (χ0) is 96.4. The summed E-state index contributed by atoms with van der Waals surface area (Å²) in [4.78, 5) is 52.9. The number of ether oxygens (including phenoxy) is 16.